The largest absolute Gasteiger partial charge is 0.351 e. The molecule has 90 valence electrons. The van der Waals surface area contributed by atoms with Crippen LogP contribution in [0.2, 0.25) is 0 Å². The van der Waals surface area contributed by atoms with E-state index in [1.165, 1.54) is 12.3 Å². The number of imidazole rings is 1. The van der Waals surface area contributed by atoms with Crippen LogP contribution in [0, 0.1) is 0 Å². The summed E-state index contributed by atoms with van der Waals surface area (Å²) in [6.07, 6.45) is 6.56. The first-order valence-corrected chi connectivity index (χ1v) is 5.03. The molecule has 2 aromatic rings. The zero-order chi connectivity index (χ0) is 12.7. The van der Waals surface area contributed by atoms with Crippen molar-refractivity contribution >= 4 is 5.78 Å². The Morgan fingerprint density at radius 2 is 2.24 bits per heavy atom. The predicted molar refractivity (Wildman–Crippen MR) is 63.6 cm³/mol. The van der Waals surface area contributed by atoms with Crippen molar-refractivity contribution in [3.05, 3.63) is 53.0 Å². The maximum Gasteiger partial charge on any atom is 0.258 e. The van der Waals surface area contributed by atoms with Crippen molar-refractivity contribution in [2.45, 2.75) is 13.0 Å². The van der Waals surface area contributed by atoms with Gasteiger partial charge < -0.3 is 15.7 Å². The number of ketones is 1. The van der Waals surface area contributed by atoms with E-state index in [2.05, 4.69) is 15.0 Å². The monoisotopic (exact) mass is 234 g/mol. The van der Waals surface area contributed by atoms with Gasteiger partial charge in [-0.3, -0.25) is 9.59 Å². The number of pyridine rings is 1. The molecule has 1 atom stereocenters. The highest BCUT2D eigenvalue weighted by Gasteiger charge is 2.13. The lowest BCUT2D eigenvalue weighted by molar-refractivity contribution is 0.0966. The summed E-state index contributed by atoms with van der Waals surface area (Å²) >= 11 is 0. The van der Waals surface area contributed by atoms with E-state index in [-0.39, 0.29) is 16.9 Å². The van der Waals surface area contributed by atoms with Crippen LogP contribution in [0.5, 0.6) is 0 Å². The van der Waals surface area contributed by atoms with Crippen LogP contribution in [-0.2, 0) is 0 Å². The van der Waals surface area contributed by atoms with Gasteiger partial charge in [-0.1, -0.05) is 0 Å². The highest BCUT2D eigenvalue weighted by atomic mass is 16.1. The number of carbonyl (C=O) groups excluding carboxylic acids is 1. The molecular weight excluding hydrogens is 220 g/mol. The lowest BCUT2D eigenvalue weighted by Crippen LogP contribution is -2.31. The summed E-state index contributed by atoms with van der Waals surface area (Å²) in [6.45, 7) is 1.55. The van der Waals surface area contributed by atoms with E-state index in [0.717, 1.165) is 0 Å². The summed E-state index contributed by atoms with van der Waals surface area (Å²) in [5.41, 5.74) is 5.06. The fourth-order valence-corrected chi connectivity index (χ4v) is 1.08. The molecule has 0 aliphatic heterocycles. The number of nitrogens with zero attached hydrogens (tertiary/aromatic N) is 1. The Morgan fingerprint density at radius 3 is 2.65 bits per heavy atom. The number of carbonyl (C=O) groups is 1. The van der Waals surface area contributed by atoms with Crippen LogP contribution in [-0.4, -0.2) is 26.8 Å². The molecule has 0 aromatic carbocycles. The van der Waals surface area contributed by atoms with Crippen molar-refractivity contribution in [1.29, 1.82) is 0 Å². The lowest BCUT2D eigenvalue weighted by atomic mass is 10.1. The number of Topliss-reactive ketones (excluding diaryl/α,β-unsaturated/α-hetero) is 1. The molecule has 0 radical (unpaired) electrons. The van der Waals surface area contributed by atoms with Crippen molar-refractivity contribution in [2.75, 3.05) is 0 Å². The second-order valence-electron chi connectivity index (χ2n) is 3.33. The summed E-state index contributed by atoms with van der Waals surface area (Å²) in [5, 5.41) is 0. The molecule has 0 spiro atoms. The molecule has 2 rings (SSSR count). The molecule has 6 nitrogen and oxygen atoms in total. The summed E-state index contributed by atoms with van der Waals surface area (Å²) in [6, 6.07) is 2.43. The Labute approximate surface area is 97.9 Å². The third-order valence-electron chi connectivity index (χ3n) is 1.90. The molecule has 0 aliphatic rings. The summed E-state index contributed by atoms with van der Waals surface area (Å²) in [4.78, 5) is 31.1. The minimum Gasteiger partial charge on any atom is -0.351 e. The minimum absolute atomic E-state index is 0.118. The first-order chi connectivity index (χ1) is 8.13. The molecule has 0 aliphatic carbocycles. The Morgan fingerprint density at radius 1 is 1.47 bits per heavy atom. The van der Waals surface area contributed by atoms with Gasteiger partial charge in [0.05, 0.1) is 17.9 Å². The number of nitrogens with two attached hydrogens (primary N) is 1. The standard InChI is InChI=1S/C8H10N2O2.C3H4N2/c1-5(9)7(11)6-3-2-4-10-8(6)12;1-2-5-3-4-1/h2-5H,9H2,1H3,(H,10,12);1-3H,(H,4,5)/t5-;/m0./s1. The van der Waals surface area contributed by atoms with Crippen LogP contribution in [0.15, 0.2) is 41.8 Å². The number of hydrogen-bond acceptors (Lipinski definition) is 4. The van der Waals surface area contributed by atoms with Crippen LogP contribution >= 0.6 is 0 Å². The quantitative estimate of drug-likeness (QED) is 0.650. The van der Waals surface area contributed by atoms with Gasteiger partial charge >= 0.3 is 0 Å². The van der Waals surface area contributed by atoms with Gasteiger partial charge in [-0.25, -0.2) is 4.98 Å². The minimum atomic E-state index is -0.631. The normalized spacial score (nSPS) is 11.2. The number of H-pyrrole nitrogens is 2. The van der Waals surface area contributed by atoms with E-state index in [0.29, 0.717) is 0 Å². The molecule has 0 fully saturated rings. The average molecular weight is 234 g/mol. The molecule has 2 heterocycles. The molecule has 2 aromatic heterocycles. The molecule has 4 N–H and O–H groups in total. The van der Waals surface area contributed by atoms with E-state index in [1.807, 2.05) is 0 Å². The molecule has 17 heavy (non-hydrogen) atoms. The molecule has 0 saturated carbocycles. The van der Waals surface area contributed by atoms with Gasteiger partial charge in [0.1, 0.15) is 0 Å². The van der Waals surface area contributed by atoms with E-state index in [1.54, 1.807) is 31.7 Å². The van der Waals surface area contributed by atoms with Crippen LogP contribution in [0.1, 0.15) is 17.3 Å². The van der Waals surface area contributed by atoms with Crippen molar-refractivity contribution in [2.24, 2.45) is 5.73 Å². The van der Waals surface area contributed by atoms with Gasteiger partial charge in [0.15, 0.2) is 5.78 Å². The van der Waals surface area contributed by atoms with E-state index in [4.69, 9.17) is 5.73 Å². The van der Waals surface area contributed by atoms with E-state index < -0.39 is 6.04 Å². The second kappa shape index (κ2) is 6.39. The smallest absolute Gasteiger partial charge is 0.258 e. The van der Waals surface area contributed by atoms with Crippen LogP contribution in [0.25, 0.3) is 0 Å². The van der Waals surface area contributed by atoms with Crippen LogP contribution in [0.3, 0.4) is 0 Å². The fraction of sp³-hybridized carbons (Fsp3) is 0.182. The van der Waals surface area contributed by atoms with Crippen molar-refractivity contribution < 1.29 is 4.79 Å². The molecular formula is C11H14N4O2. The van der Waals surface area contributed by atoms with Gasteiger partial charge in [0.2, 0.25) is 0 Å². The molecule has 0 saturated heterocycles. The van der Waals surface area contributed by atoms with Crippen molar-refractivity contribution in [3.63, 3.8) is 0 Å². The first-order valence-electron chi connectivity index (χ1n) is 5.03. The van der Waals surface area contributed by atoms with Gasteiger partial charge in [0, 0.05) is 18.6 Å². The number of nitrogens with one attached hydrogen (secondary N) is 2. The third kappa shape index (κ3) is 4.04. The Kier molecular flexibility index (Phi) is 4.83. The predicted octanol–water partition coefficient (Wildman–Crippen LogP) is 0.314. The first kappa shape index (κ1) is 12.9. The Hall–Kier alpha value is -2.21. The number of hydrogen-bond donors (Lipinski definition) is 3. The molecule has 0 bridgehead atoms. The van der Waals surface area contributed by atoms with Gasteiger partial charge in [-0.05, 0) is 19.1 Å². The van der Waals surface area contributed by atoms with E-state index in [9.17, 15) is 9.59 Å². The van der Waals surface area contributed by atoms with Crippen LogP contribution < -0.4 is 11.3 Å². The number of rotatable bonds is 2. The van der Waals surface area contributed by atoms with Gasteiger partial charge in [-0.15, -0.1) is 0 Å². The van der Waals surface area contributed by atoms with Crippen LogP contribution in [0.4, 0.5) is 0 Å². The number of aromatic amines is 2. The van der Waals surface area contributed by atoms with Gasteiger partial charge in [-0.2, -0.15) is 0 Å². The maximum absolute atomic E-state index is 11.2. The zero-order valence-corrected chi connectivity index (χ0v) is 9.38. The second-order valence-corrected chi connectivity index (χ2v) is 3.33. The number of aromatic nitrogens is 3. The zero-order valence-electron chi connectivity index (χ0n) is 9.38. The Balaban J connectivity index is 0.000000239. The summed E-state index contributed by atoms with van der Waals surface area (Å²) < 4.78 is 0. The summed E-state index contributed by atoms with van der Waals surface area (Å²) in [5.74, 6) is -0.336. The molecule has 6 heteroatoms. The SMILES string of the molecule is C[C@H](N)C(=O)c1ccc[nH]c1=O.c1c[nH]cn1. The van der Waals surface area contributed by atoms with Gasteiger partial charge in [0.25, 0.3) is 5.56 Å². The van der Waals surface area contributed by atoms with E-state index >= 15 is 0 Å². The topological polar surface area (TPSA) is 105 Å². The molecule has 0 unspecified atom stereocenters. The lowest BCUT2D eigenvalue weighted by Gasteiger charge is -2.01. The molecule has 0 amide bonds. The average Bonchev–Trinajstić information content (AvgIpc) is 2.87. The van der Waals surface area contributed by atoms with Crippen molar-refractivity contribution in [3.8, 4) is 0 Å². The summed E-state index contributed by atoms with van der Waals surface area (Å²) in [7, 11) is 0. The maximum atomic E-state index is 11.2. The highest BCUT2D eigenvalue weighted by molar-refractivity contribution is 5.99. The third-order valence-corrected chi connectivity index (χ3v) is 1.90. The highest BCUT2D eigenvalue weighted by Crippen LogP contribution is 1.94. The van der Waals surface area contributed by atoms with Crippen molar-refractivity contribution in [1.82, 2.24) is 15.0 Å². The Bertz CT molecular complexity index is 485. The fourth-order valence-electron chi connectivity index (χ4n) is 1.08.